The molecule has 102 valence electrons. The molecule has 2 rings (SSSR count). The molecule has 0 radical (unpaired) electrons. The number of anilines is 2. The second kappa shape index (κ2) is 6.69. The zero-order valence-electron chi connectivity index (χ0n) is 11.5. The summed E-state index contributed by atoms with van der Waals surface area (Å²) in [5.41, 5.74) is 8.03. The van der Waals surface area contributed by atoms with E-state index in [1.165, 1.54) is 0 Å². The van der Waals surface area contributed by atoms with Crippen LogP contribution in [0.2, 0.25) is 0 Å². The lowest BCUT2D eigenvalue weighted by atomic mass is 10.1. The van der Waals surface area contributed by atoms with Crippen LogP contribution in [-0.2, 0) is 0 Å². The van der Waals surface area contributed by atoms with Crippen LogP contribution in [0, 0.1) is 11.3 Å². The number of hydrogen-bond acceptors (Lipinski definition) is 4. The van der Waals surface area contributed by atoms with Gasteiger partial charge in [-0.05, 0) is 25.1 Å². The number of hydrogen-bond donors (Lipinski definition) is 1. The molecule has 0 fully saturated rings. The molecule has 1 heterocycles. The van der Waals surface area contributed by atoms with E-state index in [4.69, 9.17) is 11.0 Å². The van der Waals surface area contributed by atoms with Crippen LogP contribution in [0.4, 0.5) is 11.5 Å². The largest absolute Gasteiger partial charge is 0.325 e. The van der Waals surface area contributed by atoms with Crippen molar-refractivity contribution in [3.8, 4) is 6.07 Å². The summed E-state index contributed by atoms with van der Waals surface area (Å²) in [5.74, 6) is 0.823. The van der Waals surface area contributed by atoms with Gasteiger partial charge in [-0.3, -0.25) is 0 Å². The van der Waals surface area contributed by atoms with E-state index in [9.17, 15) is 0 Å². The molecule has 4 heteroatoms. The van der Waals surface area contributed by atoms with Crippen LogP contribution < -0.4 is 10.6 Å². The van der Waals surface area contributed by atoms with Gasteiger partial charge in [0, 0.05) is 30.0 Å². The number of rotatable bonds is 5. The molecule has 0 amide bonds. The molecule has 0 aliphatic heterocycles. The average molecular weight is 266 g/mol. The highest BCUT2D eigenvalue weighted by Gasteiger charge is 2.16. The number of nitrogens with zero attached hydrogens (tertiary/aromatic N) is 3. The van der Waals surface area contributed by atoms with Gasteiger partial charge in [0.05, 0.1) is 12.5 Å². The highest BCUT2D eigenvalue weighted by atomic mass is 15.2. The third-order valence-corrected chi connectivity index (χ3v) is 3.08. The highest BCUT2D eigenvalue weighted by molar-refractivity contribution is 5.63. The fourth-order valence-corrected chi connectivity index (χ4v) is 2.12. The Bertz CT molecular complexity index is 587. The van der Waals surface area contributed by atoms with E-state index in [0.717, 1.165) is 17.1 Å². The molecule has 20 heavy (non-hydrogen) atoms. The van der Waals surface area contributed by atoms with Gasteiger partial charge in [0.25, 0.3) is 0 Å². The zero-order chi connectivity index (χ0) is 14.4. The summed E-state index contributed by atoms with van der Waals surface area (Å²) in [7, 11) is 0. The summed E-state index contributed by atoms with van der Waals surface area (Å²) in [5, 5.41) is 8.87. The van der Waals surface area contributed by atoms with Crippen molar-refractivity contribution in [1.29, 1.82) is 5.26 Å². The molecule has 2 N–H and O–H groups in total. The Hall–Kier alpha value is -2.38. The Morgan fingerprint density at radius 1 is 1.25 bits per heavy atom. The maximum Gasteiger partial charge on any atom is 0.137 e. The van der Waals surface area contributed by atoms with Gasteiger partial charge in [-0.15, -0.1) is 0 Å². The van der Waals surface area contributed by atoms with E-state index in [1.807, 2.05) is 54.3 Å². The van der Waals surface area contributed by atoms with Crippen LogP contribution in [0.15, 0.2) is 48.7 Å². The van der Waals surface area contributed by atoms with Gasteiger partial charge in [0.1, 0.15) is 5.82 Å². The van der Waals surface area contributed by atoms with Crippen LogP contribution >= 0.6 is 0 Å². The molecule has 1 atom stereocenters. The van der Waals surface area contributed by atoms with E-state index in [-0.39, 0.29) is 6.04 Å². The minimum atomic E-state index is -0.105. The van der Waals surface area contributed by atoms with Crippen LogP contribution in [0.25, 0.3) is 0 Å². The fraction of sp³-hybridized carbons (Fsp3) is 0.250. The molecule has 1 aromatic heterocycles. The van der Waals surface area contributed by atoms with E-state index in [2.05, 4.69) is 11.1 Å². The molecule has 0 unspecified atom stereocenters. The van der Waals surface area contributed by atoms with Gasteiger partial charge in [-0.25, -0.2) is 4.98 Å². The summed E-state index contributed by atoms with van der Waals surface area (Å²) < 4.78 is 0. The lowest BCUT2D eigenvalue weighted by Crippen LogP contribution is -2.22. The number of nitriles is 1. The maximum absolute atomic E-state index is 8.87. The van der Waals surface area contributed by atoms with Gasteiger partial charge >= 0.3 is 0 Å². The summed E-state index contributed by atoms with van der Waals surface area (Å²) >= 11 is 0. The SMILES string of the molecule is C[C@@H](N)c1cccnc1N(CCC#N)c1ccccc1. The zero-order valence-corrected chi connectivity index (χ0v) is 11.5. The first kappa shape index (κ1) is 14.0. The van der Waals surface area contributed by atoms with Crippen molar-refractivity contribution in [2.75, 3.05) is 11.4 Å². The number of para-hydroxylation sites is 1. The Labute approximate surface area is 119 Å². The lowest BCUT2D eigenvalue weighted by molar-refractivity contribution is 0.797. The fourth-order valence-electron chi connectivity index (χ4n) is 2.12. The first-order valence-electron chi connectivity index (χ1n) is 6.64. The van der Waals surface area contributed by atoms with E-state index in [1.54, 1.807) is 6.20 Å². The molecule has 0 aliphatic rings. The number of pyridine rings is 1. The molecule has 0 bridgehead atoms. The van der Waals surface area contributed by atoms with Crippen LogP contribution in [-0.4, -0.2) is 11.5 Å². The molecule has 4 nitrogen and oxygen atoms in total. The van der Waals surface area contributed by atoms with Crippen molar-refractivity contribution in [2.45, 2.75) is 19.4 Å². The van der Waals surface area contributed by atoms with Gasteiger partial charge in [0.2, 0.25) is 0 Å². The van der Waals surface area contributed by atoms with Gasteiger partial charge < -0.3 is 10.6 Å². The molecule has 0 saturated carbocycles. The lowest BCUT2D eigenvalue weighted by Gasteiger charge is -2.26. The Balaban J connectivity index is 2.45. The van der Waals surface area contributed by atoms with Crippen molar-refractivity contribution in [1.82, 2.24) is 4.98 Å². The summed E-state index contributed by atoms with van der Waals surface area (Å²) in [4.78, 5) is 6.51. The van der Waals surface area contributed by atoms with Crippen LogP contribution in [0.5, 0.6) is 0 Å². The second-order valence-corrected chi connectivity index (χ2v) is 4.60. The Morgan fingerprint density at radius 2 is 2.00 bits per heavy atom. The number of aromatic nitrogens is 1. The van der Waals surface area contributed by atoms with Crippen molar-refractivity contribution >= 4 is 11.5 Å². The predicted octanol–water partition coefficient (Wildman–Crippen LogP) is 3.15. The van der Waals surface area contributed by atoms with Crippen LogP contribution in [0.1, 0.15) is 24.9 Å². The standard InChI is InChI=1S/C16H18N4/c1-13(18)15-9-5-11-19-16(15)20(12-6-10-17)14-7-3-2-4-8-14/h2-5,7-9,11,13H,6,12,18H2,1H3/t13-/m1/s1. The summed E-state index contributed by atoms with van der Waals surface area (Å²) in [6, 6.07) is 15.9. The molecule has 0 saturated heterocycles. The third-order valence-electron chi connectivity index (χ3n) is 3.08. The maximum atomic E-state index is 8.87. The van der Waals surface area contributed by atoms with Gasteiger partial charge in [-0.1, -0.05) is 24.3 Å². The van der Waals surface area contributed by atoms with Gasteiger partial charge in [0.15, 0.2) is 0 Å². The quantitative estimate of drug-likeness (QED) is 0.902. The second-order valence-electron chi connectivity index (χ2n) is 4.60. The van der Waals surface area contributed by atoms with E-state index in [0.29, 0.717) is 13.0 Å². The van der Waals surface area contributed by atoms with Crippen molar-refractivity contribution in [3.63, 3.8) is 0 Å². The average Bonchev–Trinajstić information content (AvgIpc) is 2.49. The third kappa shape index (κ3) is 3.14. The van der Waals surface area contributed by atoms with E-state index < -0.39 is 0 Å². The van der Waals surface area contributed by atoms with Crippen LogP contribution in [0.3, 0.4) is 0 Å². The highest BCUT2D eigenvalue weighted by Crippen LogP contribution is 2.29. The van der Waals surface area contributed by atoms with Crippen molar-refractivity contribution < 1.29 is 0 Å². The molecule has 2 aromatic rings. The minimum Gasteiger partial charge on any atom is -0.325 e. The van der Waals surface area contributed by atoms with Crippen molar-refractivity contribution in [2.24, 2.45) is 5.73 Å². The van der Waals surface area contributed by atoms with Gasteiger partial charge in [-0.2, -0.15) is 5.26 Å². The smallest absolute Gasteiger partial charge is 0.137 e. The monoisotopic (exact) mass is 266 g/mol. The predicted molar refractivity (Wildman–Crippen MR) is 80.5 cm³/mol. The topological polar surface area (TPSA) is 65.9 Å². The molecular weight excluding hydrogens is 248 g/mol. The molecule has 0 aliphatic carbocycles. The molecule has 1 aromatic carbocycles. The minimum absolute atomic E-state index is 0.105. The Kier molecular flexibility index (Phi) is 4.70. The number of benzene rings is 1. The molecular formula is C16H18N4. The first-order chi connectivity index (χ1) is 9.74. The molecule has 0 spiro atoms. The number of nitrogens with two attached hydrogens (primary N) is 1. The van der Waals surface area contributed by atoms with Crippen molar-refractivity contribution in [3.05, 3.63) is 54.2 Å². The summed E-state index contributed by atoms with van der Waals surface area (Å²) in [6.45, 7) is 2.53. The van der Waals surface area contributed by atoms with E-state index >= 15 is 0 Å². The Morgan fingerprint density at radius 3 is 2.65 bits per heavy atom. The first-order valence-corrected chi connectivity index (χ1v) is 6.64. The normalized spacial score (nSPS) is 11.7. The summed E-state index contributed by atoms with van der Waals surface area (Å²) in [6.07, 6.45) is 2.19.